The van der Waals surface area contributed by atoms with Crippen LogP contribution in [0.1, 0.15) is 18.9 Å². The third kappa shape index (κ3) is 3.79. The van der Waals surface area contributed by atoms with Crippen LogP contribution in [0, 0.1) is 11.6 Å². The summed E-state index contributed by atoms with van der Waals surface area (Å²) < 4.78 is 69.2. The van der Waals surface area contributed by atoms with Gasteiger partial charge in [-0.1, -0.05) is 43.7 Å². The Kier molecular flexibility index (Phi) is 4.85. The number of rotatable bonds is 4. The number of fused-ring (bicyclic) bond motifs is 1. The first-order valence-corrected chi connectivity index (χ1v) is 8.05. The molecule has 0 spiro atoms. The van der Waals surface area contributed by atoms with Gasteiger partial charge in [0, 0.05) is 10.9 Å². The van der Waals surface area contributed by atoms with Crippen molar-refractivity contribution in [3.63, 3.8) is 0 Å². The SMILES string of the molecule is CCCc1ccc(-c2ccc3c(F)c(OC(F)(F)F)ccc3c2)c(F)c1. The highest BCUT2D eigenvalue weighted by Gasteiger charge is 2.32. The van der Waals surface area contributed by atoms with Crippen LogP contribution in [0.4, 0.5) is 22.0 Å². The molecule has 0 N–H and O–H groups in total. The quantitative estimate of drug-likeness (QED) is 0.471. The molecule has 0 fully saturated rings. The van der Waals surface area contributed by atoms with E-state index in [1.54, 1.807) is 6.07 Å². The topological polar surface area (TPSA) is 9.23 Å². The number of benzene rings is 3. The zero-order valence-electron chi connectivity index (χ0n) is 13.8. The van der Waals surface area contributed by atoms with Gasteiger partial charge in [-0.25, -0.2) is 8.78 Å². The second-order valence-electron chi connectivity index (χ2n) is 5.93. The maximum absolute atomic E-state index is 14.4. The standard InChI is InChI=1S/C20H15F5O/c1-2-3-12-4-7-15(17(21)10-12)13-5-8-16-14(11-13)6-9-18(19(16)22)26-20(23,24)25/h4-11H,2-3H2,1H3. The van der Waals surface area contributed by atoms with Crippen LogP contribution in [0.2, 0.25) is 0 Å². The van der Waals surface area contributed by atoms with Crippen molar-refractivity contribution in [2.45, 2.75) is 26.1 Å². The molecule has 0 unspecified atom stereocenters. The minimum atomic E-state index is -4.97. The number of hydrogen-bond donors (Lipinski definition) is 0. The summed E-state index contributed by atoms with van der Waals surface area (Å²) in [5.41, 5.74) is 1.75. The molecule has 3 aromatic carbocycles. The molecular weight excluding hydrogens is 351 g/mol. The van der Waals surface area contributed by atoms with Crippen molar-refractivity contribution >= 4 is 10.8 Å². The third-order valence-electron chi connectivity index (χ3n) is 4.03. The van der Waals surface area contributed by atoms with Crippen LogP contribution in [-0.4, -0.2) is 6.36 Å². The van der Waals surface area contributed by atoms with Crippen LogP contribution in [0.3, 0.4) is 0 Å². The Morgan fingerprint density at radius 3 is 2.35 bits per heavy atom. The Balaban J connectivity index is 2.01. The lowest BCUT2D eigenvalue weighted by Gasteiger charge is -2.12. The van der Waals surface area contributed by atoms with Crippen LogP contribution in [-0.2, 0) is 6.42 Å². The molecule has 0 atom stereocenters. The fourth-order valence-electron chi connectivity index (χ4n) is 2.88. The van der Waals surface area contributed by atoms with Crippen molar-refractivity contribution in [3.05, 3.63) is 65.7 Å². The van der Waals surface area contributed by atoms with Crippen molar-refractivity contribution in [3.8, 4) is 16.9 Å². The van der Waals surface area contributed by atoms with Gasteiger partial charge in [-0.2, -0.15) is 0 Å². The third-order valence-corrected chi connectivity index (χ3v) is 4.03. The van der Waals surface area contributed by atoms with Crippen molar-refractivity contribution in [2.75, 3.05) is 0 Å². The van der Waals surface area contributed by atoms with Crippen molar-refractivity contribution < 1.29 is 26.7 Å². The molecule has 0 amide bonds. The lowest BCUT2D eigenvalue weighted by molar-refractivity contribution is -0.275. The molecule has 0 radical (unpaired) electrons. The van der Waals surface area contributed by atoms with E-state index in [-0.39, 0.29) is 5.39 Å². The Bertz CT molecular complexity index is 947. The summed E-state index contributed by atoms with van der Waals surface area (Å²) in [7, 11) is 0. The van der Waals surface area contributed by atoms with E-state index in [4.69, 9.17) is 0 Å². The fourth-order valence-corrected chi connectivity index (χ4v) is 2.88. The molecule has 0 saturated heterocycles. The summed E-state index contributed by atoms with van der Waals surface area (Å²) in [5.74, 6) is -2.40. The van der Waals surface area contributed by atoms with Gasteiger partial charge < -0.3 is 4.74 Å². The van der Waals surface area contributed by atoms with Crippen LogP contribution in [0.25, 0.3) is 21.9 Å². The highest BCUT2D eigenvalue weighted by atomic mass is 19.4. The molecule has 0 aromatic heterocycles. The van der Waals surface area contributed by atoms with E-state index in [1.807, 2.05) is 13.0 Å². The normalized spacial score (nSPS) is 11.8. The van der Waals surface area contributed by atoms with E-state index < -0.39 is 23.7 Å². The summed E-state index contributed by atoms with van der Waals surface area (Å²) in [6.45, 7) is 2.00. The summed E-state index contributed by atoms with van der Waals surface area (Å²) >= 11 is 0. The van der Waals surface area contributed by atoms with Crippen molar-refractivity contribution in [2.24, 2.45) is 0 Å². The molecule has 26 heavy (non-hydrogen) atoms. The highest BCUT2D eigenvalue weighted by Crippen LogP contribution is 2.33. The van der Waals surface area contributed by atoms with Crippen LogP contribution in [0.15, 0.2) is 48.5 Å². The van der Waals surface area contributed by atoms with Gasteiger partial charge in [0.05, 0.1) is 0 Å². The Hall–Kier alpha value is -2.63. The smallest absolute Gasteiger partial charge is 0.403 e. The Morgan fingerprint density at radius 1 is 0.923 bits per heavy atom. The summed E-state index contributed by atoms with van der Waals surface area (Å²) in [6.07, 6.45) is -3.31. The van der Waals surface area contributed by atoms with E-state index in [1.165, 1.54) is 30.3 Å². The van der Waals surface area contributed by atoms with E-state index in [2.05, 4.69) is 4.74 Å². The van der Waals surface area contributed by atoms with Gasteiger partial charge in [-0.3, -0.25) is 0 Å². The molecule has 1 nitrogen and oxygen atoms in total. The minimum absolute atomic E-state index is 0.0292. The second kappa shape index (κ2) is 6.94. The molecule has 3 rings (SSSR count). The average Bonchev–Trinajstić information content (AvgIpc) is 2.57. The van der Waals surface area contributed by atoms with Gasteiger partial charge in [0.2, 0.25) is 0 Å². The zero-order valence-corrected chi connectivity index (χ0v) is 13.8. The first-order valence-electron chi connectivity index (χ1n) is 8.05. The van der Waals surface area contributed by atoms with Gasteiger partial charge in [0.1, 0.15) is 5.82 Å². The van der Waals surface area contributed by atoms with Crippen LogP contribution < -0.4 is 4.74 Å². The number of halogens is 5. The molecule has 0 saturated carbocycles. The van der Waals surface area contributed by atoms with E-state index in [0.29, 0.717) is 16.5 Å². The van der Waals surface area contributed by atoms with Gasteiger partial charge in [-0.15, -0.1) is 13.2 Å². The molecule has 0 aliphatic heterocycles. The van der Waals surface area contributed by atoms with Gasteiger partial charge in [0.15, 0.2) is 11.6 Å². The lowest BCUT2D eigenvalue weighted by Crippen LogP contribution is -2.17. The molecule has 0 bridgehead atoms. The maximum atomic E-state index is 14.4. The molecule has 0 heterocycles. The Labute approximate surface area is 147 Å². The fraction of sp³-hybridized carbons (Fsp3) is 0.200. The highest BCUT2D eigenvalue weighted by molar-refractivity contribution is 5.89. The van der Waals surface area contributed by atoms with Crippen molar-refractivity contribution in [1.29, 1.82) is 0 Å². The summed E-state index contributed by atoms with van der Waals surface area (Å²) in [5, 5.41) is 0.324. The van der Waals surface area contributed by atoms with Gasteiger partial charge in [0.25, 0.3) is 0 Å². The first kappa shape index (κ1) is 18.2. The number of hydrogen-bond acceptors (Lipinski definition) is 1. The lowest BCUT2D eigenvalue weighted by atomic mass is 9.98. The van der Waals surface area contributed by atoms with Crippen LogP contribution >= 0.6 is 0 Å². The molecule has 0 aliphatic rings. The monoisotopic (exact) mass is 366 g/mol. The average molecular weight is 366 g/mol. The molecule has 3 aromatic rings. The number of aryl methyl sites for hydroxylation is 1. The predicted octanol–water partition coefficient (Wildman–Crippen LogP) is 6.64. The molecule has 6 heteroatoms. The number of ether oxygens (including phenoxy) is 1. The summed E-state index contributed by atoms with van der Waals surface area (Å²) in [6, 6.07) is 11.5. The van der Waals surface area contributed by atoms with E-state index >= 15 is 0 Å². The largest absolute Gasteiger partial charge is 0.573 e. The van der Waals surface area contributed by atoms with E-state index in [9.17, 15) is 22.0 Å². The summed E-state index contributed by atoms with van der Waals surface area (Å²) in [4.78, 5) is 0. The van der Waals surface area contributed by atoms with Gasteiger partial charge in [-0.05, 0) is 41.1 Å². The second-order valence-corrected chi connectivity index (χ2v) is 5.93. The molecule has 0 aliphatic carbocycles. The minimum Gasteiger partial charge on any atom is -0.403 e. The first-order chi connectivity index (χ1) is 12.3. The van der Waals surface area contributed by atoms with Crippen molar-refractivity contribution in [1.82, 2.24) is 0 Å². The number of alkyl halides is 3. The van der Waals surface area contributed by atoms with E-state index in [0.717, 1.165) is 24.5 Å². The van der Waals surface area contributed by atoms with Crippen LogP contribution in [0.5, 0.6) is 5.75 Å². The van der Waals surface area contributed by atoms with Gasteiger partial charge >= 0.3 is 6.36 Å². The predicted molar refractivity (Wildman–Crippen MR) is 90.0 cm³/mol. The molecular formula is C20H15F5O. The zero-order chi connectivity index (χ0) is 18.9. The maximum Gasteiger partial charge on any atom is 0.573 e. The Morgan fingerprint density at radius 2 is 1.69 bits per heavy atom. The molecule has 136 valence electrons.